The first-order chi connectivity index (χ1) is 9.85. The van der Waals surface area contributed by atoms with Gasteiger partial charge in [-0.2, -0.15) is 0 Å². The fourth-order valence-corrected chi connectivity index (χ4v) is 3.16. The molecule has 0 bridgehead atoms. The molecule has 1 saturated heterocycles. The van der Waals surface area contributed by atoms with Crippen LogP contribution < -0.4 is 10.2 Å². The molecule has 1 aromatic rings. The van der Waals surface area contributed by atoms with E-state index in [0.717, 1.165) is 19.1 Å². The van der Waals surface area contributed by atoms with Crippen molar-refractivity contribution in [2.45, 2.75) is 65.0 Å². The van der Waals surface area contributed by atoms with Gasteiger partial charge >= 0.3 is 0 Å². The summed E-state index contributed by atoms with van der Waals surface area (Å²) in [5.41, 5.74) is 2.81. The maximum atomic E-state index is 3.47. The van der Waals surface area contributed by atoms with Crippen molar-refractivity contribution in [2.24, 2.45) is 0 Å². The number of benzene rings is 1. The molecule has 0 saturated carbocycles. The third-order valence-corrected chi connectivity index (χ3v) is 4.37. The van der Waals surface area contributed by atoms with Crippen molar-refractivity contribution in [3.63, 3.8) is 0 Å². The topological polar surface area (TPSA) is 15.3 Å². The highest BCUT2D eigenvalue weighted by Gasteiger charge is 2.19. The van der Waals surface area contributed by atoms with E-state index < -0.39 is 0 Å². The zero-order chi connectivity index (χ0) is 14.2. The van der Waals surface area contributed by atoms with E-state index in [1.807, 2.05) is 0 Å². The molecular weight excluding hydrogens is 244 g/mol. The van der Waals surface area contributed by atoms with E-state index in [1.54, 1.807) is 0 Å². The van der Waals surface area contributed by atoms with Crippen LogP contribution in [0.4, 0.5) is 5.69 Å². The minimum atomic E-state index is 0.738. The van der Waals surface area contributed by atoms with Crippen LogP contribution in [0, 0.1) is 0 Å². The highest BCUT2D eigenvalue weighted by Crippen LogP contribution is 2.26. The molecule has 0 aromatic heterocycles. The van der Waals surface area contributed by atoms with Gasteiger partial charge in [-0.1, -0.05) is 38.8 Å². The summed E-state index contributed by atoms with van der Waals surface area (Å²) in [7, 11) is 0. The summed E-state index contributed by atoms with van der Waals surface area (Å²) in [4.78, 5) is 2.64. The number of nitrogens with one attached hydrogen (secondary N) is 1. The zero-order valence-electron chi connectivity index (χ0n) is 13.2. The van der Waals surface area contributed by atoms with Gasteiger partial charge in [0.15, 0.2) is 0 Å². The zero-order valence-corrected chi connectivity index (χ0v) is 13.2. The summed E-state index contributed by atoms with van der Waals surface area (Å²) in [5.74, 6) is 0. The molecule has 0 spiro atoms. The van der Waals surface area contributed by atoms with E-state index in [2.05, 4.69) is 48.3 Å². The largest absolute Gasteiger partial charge is 0.369 e. The lowest BCUT2D eigenvalue weighted by molar-refractivity contribution is 0.556. The van der Waals surface area contributed by atoms with Crippen LogP contribution in [0.1, 0.15) is 57.9 Å². The first-order valence-electron chi connectivity index (χ1n) is 8.41. The number of nitrogens with zero attached hydrogens (tertiary/aromatic N) is 1. The van der Waals surface area contributed by atoms with Crippen LogP contribution in [-0.2, 0) is 6.54 Å². The van der Waals surface area contributed by atoms with Gasteiger partial charge in [-0.25, -0.2) is 0 Å². The highest BCUT2D eigenvalue weighted by molar-refractivity contribution is 5.48. The third kappa shape index (κ3) is 4.24. The van der Waals surface area contributed by atoms with Gasteiger partial charge in [0.25, 0.3) is 0 Å². The minimum Gasteiger partial charge on any atom is -0.369 e. The van der Waals surface area contributed by atoms with Crippen molar-refractivity contribution in [2.75, 3.05) is 18.0 Å². The van der Waals surface area contributed by atoms with Crippen molar-refractivity contribution >= 4 is 5.69 Å². The van der Waals surface area contributed by atoms with E-state index in [1.165, 1.54) is 56.3 Å². The fraction of sp³-hybridized carbons (Fsp3) is 0.667. The molecule has 2 nitrogen and oxygen atoms in total. The average Bonchev–Trinajstić information content (AvgIpc) is 2.73. The molecule has 20 heavy (non-hydrogen) atoms. The lowest BCUT2D eigenvalue weighted by Crippen LogP contribution is -2.34. The Hall–Kier alpha value is -1.02. The van der Waals surface area contributed by atoms with Gasteiger partial charge in [-0.3, -0.25) is 0 Å². The number of hydrogen-bond acceptors (Lipinski definition) is 2. The maximum Gasteiger partial charge on any atom is 0.0368 e. The molecule has 1 aliphatic heterocycles. The molecule has 0 amide bonds. The lowest BCUT2D eigenvalue weighted by atomic mass is 10.1. The van der Waals surface area contributed by atoms with Gasteiger partial charge in [0, 0.05) is 24.8 Å². The molecule has 1 fully saturated rings. The Balaban J connectivity index is 1.99. The quantitative estimate of drug-likeness (QED) is 0.776. The van der Waals surface area contributed by atoms with Gasteiger partial charge in [0.1, 0.15) is 0 Å². The Labute approximate surface area is 124 Å². The summed E-state index contributed by atoms with van der Waals surface area (Å²) in [6, 6.07) is 9.94. The lowest BCUT2D eigenvalue weighted by Gasteiger charge is -2.31. The Morgan fingerprint density at radius 3 is 2.60 bits per heavy atom. The summed E-state index contributed by atoms with van der Waals surface area (Å²) < 4.78 is 0. The SMILES string of the molecule is CCCNCc1ccc(N2CCCCCC2CC)cc1. The highest BCUT2D eigenvalue weighted by atomic mass is 15.2. The molecule has 0 aliphatic carbocycles. The molecule has 1 N–H and O–H groups in total. The van der Waals surface area contributed by atoms with Crippen LogP contribution in [0.25, 0.3) is 0 Å². The Kier molecular flexibility index (Phi) is 6.38. The maximum absolute atomic E-state index is 3.47. The van der Waals surface area contributed by atoms with Crippen LogP contribution in [0.5, 0.6) is 0 Å². The summed E-state index contributed by atoms with van der Waals surface area (Å²) in [5, 5.41) is 3.47. The van der Waals surface area contributed by atoms with Gasteiger partial charge in [-0.05, 0) is 49.9 Å². The van der Waals surface area contributed by atoms with E-state index in [9.17, 15) is 0 Å². The number of hydrogen-bond donors (Lipinski definition) is 1. The summed E-state index contributed by atoms with van der Waals surface area (Å²) in [6.45, 7) is 7.86. The van der Waals surface area contributed by atoms with E-state index in [4.69, 9.17) is 0 Å². The second-order valence-corrected chi connectivity index (χ2v) is 5.95. The third-order valence-electron chi connectivity index (χ3n) is 4.37. The Morgan fingerprint density at radius 1 is 1.10 bits per heavy atom. The first-order valence-corrected chi connectivity index (χ1v) is 8.41. The monoisotopic (exact) mass is 274 g/mol. The predicted molar refractivity (Wildman–Crippen MR) is 88.3 cm³/mol. The molecule has 0 radical (unpaired) electrons. The van der Waals surface area contributed by atoms with Crippen molar-refractivity contribution < 1.29 is 0 Å². The first kappa shape index (κ1) is 15.4. The average molecular weight is 274 g/mol. The molecule has 1 unspecified atom stereocenters. The standard InChI is InChI=1S/C18H30N2/c1-3-13-19-15-16-9-11-18(12-10-16)20-14-7-5-6-8-17(20)4-2/h9-12,17,19H,3-8,13-15H2,1-2H3. The van der Waals surface area contributed by atoms with Crippen molar-refractivity contribution in [1.29, 1.82) is 0 Å². The van der Waals surface area contributed by atoms with E-state index >= 15 is 0 Å². The second kappa shape index (κ2) is 8.31. The molecule has 2 rings (SSSR count). The van der Waals surface area contributed by atoms with Crippen LogP contribution in [-0.4, -0.2) is 19.1 Å². The molecule has 1 aliphatic rings. The van der Waals surface area contributed by atoms with Crippen LogP contribution in [0.2, 0.25) is 0 Å². The fourth-order valence-electron chi connectivity index (χ4n) is 3.16. The molecular formula is C18H30N2. The van der Waals surface area contributed by atoms with Gasteiger partial charge in [0.2, 0.25) is 0 Å². The summed E-state index contributed by atoms with van der Waals surface area (Å²) >= 11 is 0. The summed E-state index contributed by atoms with van der Waals surface area (Å²) in [6.07, 6.45) is 7.95. The molecule has 1 aromatic carbocycles. The number of rotatable bonds is 6. The van der Waals surface area contributed by atoms with Crippen molar-refractivity contribution in [1.82, 2.24) is 5.32 Å². The van der Waals surface area contributed by atoms with Crippen LogP contribution >= 0.6 is 0 Å². The van der Waals surface area contributed by atoms with Crippen molar-refractivity contribution in [3.8, 4) is 0 Å². The smallest absolute Gasteiger partial charge is 0.0368 e. The van der Waals surface area contributed by atoms with Gasteiger partial charge < -0.3 is 10.2 Å². The molecule has 2 heteroatoms. The Bertz CT molecular complexity index is 372. The van der Waals surface area contributed by atoms with E-state index in [-0.39, 0.29) is 0 Å². The normalized spacial score (nSPS) is 19.9. The molecule has 1 heterocycles. The van der Waals surface area contributed by atoms with Gasteiger partial charge in [0.05, 0.1) is 0 Å². The van der Waals surface area contributed by atoms with Crippen LogP contribution in [0.15, 0.2) is 24.3 Å². The van der Waals surface area contributed by atoms with Crippen molar-refractivity contribution in [3.05, 3.63) is 29.8 Å². The van der Waals surface area contributed by atoms with Gasteiger partial charge in [-0.15, -0.1) is 0 Å². The minimum absolute atomic E-state index is 0.738. The number of anilines is 1. The Morgan fingerprint density at radius 2 is 1.90 bits per heavy atom. The second-order valence-electron chi connectivity index (χ2n) is 5.95. The molecule has 112 valence electrons. The molecule has 1 atom stereocenters. The van der Waals surface area contributed by atoms with Crippen LogP contribution in [0.3, 0.4) is 0 Å². The predicted octanol–water partition coefficient (Wildman–Crippen LogP) is 4.35. The van der Waals surface area contributed by atoms with E-state index in [0.29, 0.717) is 0 Å².